The van der Waals surface area contributed by atoms with E-state index in [0.717, 1.165) is 0 Å². The van der Waals surface area contributed by atoms with Crippen LogP contribution < -0.4 is 0 Å². The van der Waals surface area contributed by atoms with Crippen molar-refractivity contribution in [2.24, 2.45) is 0 Å². The lowest BCUT2D eigenvalue weighted by molar-refractivity contribution is -0.136. The Morgan fingerprint density at radius 1 is 1.23 bits per heavy atom. The molecule has 0 radical (unpaired) electrons. The summed E-state index contributed by atoms with van der Waals surface area (Å²) in [5.74, 6) is -0.146. The summed E-state index contributed by atoms with van der Waals surface area (Å²) in [6, 6.07) is 0. The predicted molar refractivity (Wildman–Crippen MR) is 55.1 cm³/mol. The van der Waals surface area contributed by atoms with Crippen molar-refractivity contribution >= 4 is 29.5 Å². The molecule has 0 aliphatic heterocycles. The van der Waals surface area contributed by atoms with E-state index >= 15 is 0 Å². The average Bonchev–Trinajstić information content (AvgIpc) is 2.11. The number of carboxylic acids is 1. The third-order valence-corrected chi connectivity index (χ3v) is 4.26. The van der Waals surface area contributed by atoms with E-state index in [-0.39, 0.29) is 13.2 Å². The lowest BCUT2D eigenvalue weighted by Gasteiger charge is -2.22. The van der Waals surface area contributed by atoms with Crippen molar-refractivity contribution in [1.29, 1.82) is 0 Å². The van der Waals surface area contributed by atoms with E-state index in [1.165, 1.54) is 23.5 Å². The van der Waals surface area contributed by atoms with Crippen LogP contribution in [0.4, 0.5) is 0 Å². The van der Waals surface area contributed by atoms with Gasteiger partial charge in [-0.3, -0.25) is 0 Å². The minimum atomic E-state index is -0.967. The maximum atomic E-state index is 10.8. The zero-order chi connectivity index (χ0) is 10.3. The number of carboxylic acid groups (broad SMARTS) is 1. The fourth-order valence-corrected chi connectivity index (χ4v) is 2.69. The predicted octanol–water partition coefficient (Wildman–Crippen LogP) is 0.238. The van der Waals surface area contributed by atoms with Gasteiger partial charge in [-0.2, -0.15) is 0 Å². The molecule has 3 N–H and O–H groups in total. The second kappa shape index (κ2) is 6.53. The summed E-state index contributed by atoms with van der Waals surface area (Å²) in [7, 11) is 0. The second-order valence-corrected chi connectivity index (χ2v) is 5.68. The zero-order valence-corrected chi connectivity index (χ0v) is 9.03. The number of hydrogen-bond acceptors (Lipinski definition) is 5. The average molecular weight is 226 g/mol. The van der Waals surface area contributed by atoms with Gasteiger partial charge in [0.1, 0.15) is 0 Å². The molecular weight excluding hydrogens is 212 g/mol. The highest BCUT2D eigenvalue weighted by Crippen LogP contribution is 2.36. The molecule has 0 saturated heterocycles. The van der Waals surface area contributed by atoms with Crippen molar-refractivity contribution in [3.05, 3.63) is 0 Å². The Balaban J connectivity index is 4.08. The van der Waals surface area contributed by atoms with Gasteiger partial charge in [-0.15, -0.1) is 23.5 Å². The highest BCUT2D eigenvalue weighted by molar-refractivity contribution is 8.19. The molecule has 0 aromatic heterocycles. The van der Waals surface area contributed by atoms with Gasteiger partial charge in [0, 0.05) is 11.5 Å². The number of carbonyl (C=O) groups is 1. The Hall–Kier alpha value is 0.0900. The molecule has 0 bridgehead atoms. The molecule has 13 heavy (non-hydrogen) atoms. The minimum absolute atomic E-state index is 0.0345. The summed E-state index contributed by atoms with van der Waals surface area (Å²) >= 11 is 2.35. The van der Waals surface area contributed by atoms with E-state index in [2.05, 4.69) is 0 Å². The molecule has 0 fully saturated rings. The van der Waals surface area contributed by atoms with Crippen molar-refractivity contribution in [3.8, 4) is 0 Å². The van der Waals surface area contributed by atoms with Crippen LogP contribution in [-0.4, -0.2) is 50.1 Å². The van der Waals surface area contributed by atoms with E-state index in [1.54, 1.807) is 6.92 Å². The van der Waals surface area contributed by atoms with Crippen LogP contribution in [0.5, 0.6) is 0 Å². The van der Waals surface area contributed by atoms with Crippen molar-refractivity contribution in [2.45, 2.75) is 11.0 Å². The standard InChI is InChI=1S/C7H14O4S2/c1-7(6(10)11,12-4-2-8)13-5-3-9/h8-9H,2-5H2,1H3,(H,10,11). The molecule has 0 aromatic rings. The van der Waals surface area contributed by atoms with Gasteiger partial charge in [-0.1, -0.05) is 0 Å². The van der Waals surface area contributed by atoms with E-state index in [9.17, 15) is 4.79 Å². The molecule has 0 aromatic carbocycles. The molecule has 0 unspecified atom stereocenters. The Morgan fingerprint density at radius 2 is 1.62 bits per heavy atom. The number of hydrogen-bond donors (Lipinski definition) is 3. The van der Waals surface area contributed by atoms with Gasteiger partial charge < -0.3 is 15.3 Å². The third-order valence-electron chi connectivity index (χ3n) is 1.33. The minimum Gasteiger partial charge on any atom is -0.480 e. The first-order valence-corrected chi connectivity index (χ1v) is 5.77. The molecule has 0 saturated carbocycles. The van der Waals surface area contributed by atoms with Crippen molar-refractivity contribution in [2.75, 3.05) is 24.7 Å². The van der Waals surface area contributed by atoms with E-state index in [4.69, 9.17) is 15.3 Å². The lowest BCUT2D eigenvalue weighted by Crippen LogP contribution is -2.29. The van der Waals surface area contributed by atoms with Crippen LogP contribution >= 0.6 is 23.5 Å². The van der Waals surface area contributed by atoms with Crippen molar-refractivity contribution < 1.29 is 20.1 Å². The molecule has 4 nitrogen and oxygen atoms in total. The van der Waals surface area contributed by atoms with Crippen molar-refractivity contribution in [1.82, 2.24) is 0 Å². The molecule has 0 heterocycles. The van der Waals surface area contributed by atoms with Gasteiger partial charge in [0.05, 0.1) is 13.2 Å². The largest absolute Gasteiger partial charge is 0.480 e. The zero-order valence-electron chi connectivity index (χ0n) is 7.39. The summed E-state index contributed by atoms with van der Waals surface area (Å²) in [6.45, 7) is 1.51. The summed E-state index contributed by atoms with van der Waals surface area (Å²) in [6.07, 6.45) is 0. The molecule has 0 rings (SSSR count). The van der Waals surface area contributed by atoms with Crippen LogP contribution in [0.3, 0.4) is 0 Å². The Bertz CT molecular complexity index is 155. The van der Waals surface area contributed by atoms with Crippen LogP contribution in [0.25, 0.3) is 0 Å². The number of aliphatic hydroxyl groups excluding tert-OH is 2. The van der Waals surface area contributed by atoms with Gasteiger partial charge in [-0.05, 0) is 6.92 Å². The summed E-state index contributed by atoms with van der Waals surface area (Å²) < 4.78 is -0.967. The van der Waals surface area contributed by atoms with Crippen LogP contribution in [-0.2, 0) is 4.79 Å². The number of aliphatic carboxylic acids is 1. The van der Waals surface area contributed by atoms with Gasteiger partial charge >= 0.3 is 5.97 Å². The highest BCUT2D eigenvalue weighted by atomic mass is 32.2. The van der Waals surface area contributed by atoms with Gasteiger partial charge in [0.2, 0.25) is 0 Å². The highest BCUT2D eigenvalue weighted by Gasteiger charge is 2.33. The summed E-state index contributed by atoms with van der Waals surface area (Å²) in [5, 5.41) is 26.0. The number of aliphatic hydroxyl groups is 2. The maximum Gasteiger partial charge on any atom is 0.329 e. The van der Waals surface area contributed by atoms with Crippen LogP contribution in [0, 0.1) is 0 Å². The van der Waals surface area contributed by atoms with Crippen LogP contribution in [0.15, 0.2) is 0 Å². The van der Waals surface area contributed by atoms with Gasteiger partial charge in [0.15, 0.2) is 4.08 Å². The lowest BCUT2D eigenvalue weighted by atomic mass is 10.5. The first-order chi connectivity index (χ1) is 6.06. The Labute approximate surface area is 85.7 Å². The first-order valence-electron chi connectivity index (χ1n) is 3.80. The topological polar surface area (TPSA) is 77.8 Å². The third kappa shape index (κ3) is 4.75. The normalized spacial score (nSPS) is 11.6. The maximum absolute atomic E-state index is 10.8. The Kier molecular flexibility index (Phi) is 6.58. The monoisotopic (exact) mass is 226 g/mol. The molecule has 78 valence electrons. The molecule has 0 aliphatic rings. The summed E-state index contributed by atoms with van der Waals surface area (Å²) in [5.41, 5.74) is 0. The Morgan fingerprint density at radius 3 is 1.85 bits per heavy atom. The molecular formula is C7H14O4S2. The van der Waals surface area contributed by atoms with E-state index in [0.29, 0.717) is 11.5 Å². The first kappa shape index (κ1) is 13.1. The fourth-order valence-electron chi connectivity index (χ4n) is 0.646. The molecule has 6 heteroatoms. The second-order valence-electron chi connectivity index (χ2n) is 2.39. The summed E-state index contributed by atoms with van der Waals surface area (Å²) in [4.78, 5) is 10.8. The van der Waals surface area contributed by atoms with E-state index < -0.39 is 10.0 Å². The molecule has 0 atom stereocenters. The molecule has 0 amide bonds. The van der Waals surface area contributed by atoms with Crippen molar-refractivity contribution in [3.63, 3.8) is 0 Å². The van der Waals surface area contributed by atoms with Crippen LogP contribution in [0.2, 0.25) is 0 Å². The van der Waals surface area contributed by atoms with Crippen LogP contribution in [0.1, 0.15) is 6.92 Å². The smallest absolute Gasteiger partial charge is 0.329 e. The number of rotatable bonds is 7. The molecule has 0 spiro atoms. The SMILES string of the molecule is CC(SCCO)(SCCO)C(=O)O. The molecule has 0 aliphatic carbocycles. The quantitative estimate of drug-likeness (QED) is 0.540. The van der Waals surface area contributed by atoms with Gasteiger partial charge in [0.25, 0.3) is 0 Å². The fraction of sp³-hybridized carbons (Fsp3) is 0.857. The van der Waals surface area contributed by atoms with E-state index in [1.807, 2.05) is 0 Å². The number of thioether (sulfide) groups is 2. The van der Waals surface area contributed by atoms with Gasteiger partial charge in [-0.25, -0.2) is 4.79 Å².